The Morgan fingerprint density at radius 1 is 1.00 bits per heavy atom. The quantitative estimate of drug-likeness (QED) is 0.756. The van der Waals surface area contributed by atoms with E-state index in [2.05, 4.69) is 30.4 Å². The van der Waals surface area contributed by atoms with Crippen molar-refractivity contribution in [3.8, 4) is 0 Å². The molecule has 19 heavy (non-hydrogen) atoms. The SMILES string of the molecule is CCC1CCCC(Nc2ccc3c(c2)CCC3)CC1. The van der Waals surface area contributed by atoms with E-state index in [9.17, 15) is 0 Å². The largest absolute Gasteiger partial charge is 0.382 e. The molecule has 0 bridgehead atoms. The molecule has 3 rings (SSSR count). The molecular formula is C18H27N. The second kappa shape index (κ2) is 5.98. The Labute approximate surface area is 117 Å². The van der Waals surface area contributed by atoms with Gasteiger partial charge in [0.15, 0.2) is 0 Å². The van der Waals surface area contributed by atoms with Gasteiger partial charge in [-0.05, 0) is 67.7 Å². The Hall–Kier alpha value is -0.980. The maximum absolute atomic E-state index is 3.80. The molecule has 104 valence electrons. The van der Waals surface area contributed by atoms with Crippen molar-refractivity contribution in [1.29, 1.82) is 0 Å². The van der Waals surface area contributed by atoms with Crippen LogP contribution in [-0.4, -0.2) is 6.04 Å². The highest BCUT2D eigenvalue weighted by Crippen LogP contribution is 2.29. The minimum Gasteiger partial charge on any atom is -0.382 e. The summed E-state index contributed by atoms with van der Waals surface area (Å²) in [5.41, 5.74) is 4.53. The molecule has 0 aromatic heterocycles. The van der Waals surface area contributed by atoms with Crippen LogP contribution in [0.3, 0.4) is 0 Å². The molecule has 1 aromatic rings. The highest BCUT2D eigenvalue weighted by molar-refractivity contribution is 5.50. The van der Waals surface area contributed by atoms with Gasteiger partial charge in [-0.2, -0.15) is 0 Å². The van der Waals surface area contributed by atoms with Crippen molar-refractivity contribution in [2.24, 2.45) is 5.92 Å². The predicted octanol–water partition coefficient (Wildman–Crippen LogP) is 4.95. The maximum atomic E-state index is 3.80. The molecule has 1 nitrogen and oxygen atoms in total. The topological polar surface area (TPSA) is 12.0 Å². The van der Waals surface area contributed by atoms with E-state index in [1.807, 2.05) is 0 Å². The monoisotopic (exact) mass is 257 g/mol. The van der Waals surface area contributed by atoms with Crippen molar-refractivity contribution in [3.05, 3.63) is 29.3 Å². The van der Waals surface area contributed by atoms with E-state index in [0.717, 1.165) is 5.92 Å². The van der Waals surface area contributed by atoms with Crippen LogP contribution in [0.2, 0.25) is 0 Å². The molecule has 0 aliphatic heterocycles. The summed E-state index contributed by atoms with van der Waals surface area (Å²) < 4.78 is 0. The van der Waals surface area contributed by atoms with Crippen molar-refractivity contribution >= 4 is 5.69 Å². The van der Waals surface area contributed by atoms with E-state index in [1.165, 1.54) is 63.5 Å². The van der Waals surface area contributed by atoms with Crippen LogP contribution in [-0.2, 0) is 12.8 Å². The van der Waals surface area contributed by atoms with Gasteiger partial charge in [0, 0.05) is 11.7 Å². The Morgan fingerprint density at radius 3 is 2.79 bits per heavy atom. The second-order valence-corrected chi connectivity index (χ2v) is 6.46. The molecule has 2 atom stereocenters. The molecule has 1 N–H and O–H groups in total. The molecule has 1 heteroatoms. The van der Waals surface area contributed by atoms with Gasteiger partial charge in [-0.3, -0.25) is 0 Å². The Balaban J connectivity index is 1.61. The smallest absolute Gasteiger partial charge is 0.0345 e. The van der Waals surface area contributed by atoms with Gasteiger partial charge in [0.2, 0.25) is 0 Å². The highest BCUT2D eigenvalue weighted by Gasteiger charge is 2.18. The van der Waals surface area contributed by atoms with Crippen LogP contribution in [0.25, 0.3) is 0 Å². The van der Waals surface area contributed by atoms with Crippen molar-refractivity contribution in [1.82, 2.24) is 0 Å². The molecule has 0 spiro atoms. The number of nitrogens with one attached hydrogen (secondary N) is 1. The lowest BCUT2D eigenvalue weighted by Crippen LogP contribution is -2.18. The van der Waals surface area contributed by atoms with Gasteiger partial charge < -0.3 is 5.32 Å². The zero-order chi connectivity index (χ0) is 13.1. The number of benzene rings is 1. The Morgan fingerprint density at radius 2 is 1.89 bits per heavy atom. The first-order chi connectivity index (χ1) is 9.35. The lowest BCUT2D eigenvalue weighted by molar-refractivity contribution is 0.444. The molecule has 2 unspecified atom stereocenters. The van der Waals surface area contributed by atoms with Gasteiger partial charge in [0.05, 0.1) is 0 Å². The van der Waals surface area contributed by atoms with E-state index in [4.69, 9.17) is 0 Å². The zero-order valence-corrected chi connectivity index (χ0v) is 12.3. The van der Waals surface area contributed by atoms with Crippen LogP contribution in [0.5, 0.6) is 0 Å². The summed E-state index contributed by atoms with van der Waals surface area (Å²) >= 11 is 0. The van der Waals surface area contributed by atoms with Crippen molar-refractivity contribution in [3.63, 3.8) is 0 Å². The summed E-state index contributed by atoms with van der Waals surface area (Å²) in [7, 11) is 0. The molecule has 1 aromatic carbocycles. The molecule has 2 aliphatic rings. The van der Waals surface area contributed by atoms with Gasteiger partial charge in [0.1, 0.15) is 0 Å². The summed E-state index contributed by atoms with van der Waals surface area (Å²) in [6, 6.07) is 7.75. The van der Waals surface area contributed by atoms with Crippen LogP contribution in [0, 0.1) is 5.92 Å². The molecule has 0 radical (unpaired) electrons. The van der Waals surface area contributed by atoms with Gasteiger partial charge in [0.25, 0.3) is 0 Å². The predicted molar refractivity (Wildman–Crippen MR) is 82.7 cm³/mol. The Kier molecular flexibility index (Phi) is 4.10. The van der Waals surface area contributed by atoms with E-state index in [-0.39, 0.29) is 0 Å². The summed E-state index contributed by atoms with van der Waals surface area (Å²) in [5.74, 6) is 0.979. The van der Waals surface area contributed by atoms with Gasteiger partial charge >= 0.3 is 0 Å². The van der Waals surface area contributed by atoms with E-state index < -0.39 is 0 Å². The average Bonchev–Trinajstić information content (AvgIpc) is 2.77. The number of hydrogen-bond donors (Lipinski definition) is 1. The third kappa shape index (κ3) is 3.13. The first-order valence-corrected chi connectivity index (χ1v) is 8.23. The normalized spacial score (nSPS) is 26.8. The minimum absolute atomic E-state index is 0.705. The summed E-state index contributed by atoms with van der Waals surface area (Å²) in [6.45, 7) is 2.35. The lowest BCUT2D eigenvalue weighted by Gasteiger charge is -2.18. The lowest BCUT2D eigenvalue weighted by atomic mass is 9.98. The van der Waals surface area contributed by atoms with Crippen LogP contribution >= 0.6 is 0 Å². The molecule has 2 aliphatic carbocycles. The first-order valence-electron chi connectivity index (χ1n) is 8.23. The van der Waals surface area contributed by atoms with Crippen molar-refractivity contribution in [2.45, 2.75) is 70.8 Å². The number of rotatable bonds is 3. The fourth-order valence-corrected chi connectivity index (χ4v) is 3.83. The van der Waals surface area contributed by atoms with E-state index in [1.54, 1.807) is 11.1 Å². The first kappa shape index (κ1) is 13.0. The number of anilines is 1. The third-order valence-corrected chi connectivity index (χ3v) is 5.13. The minimum atomic E-state index is 0.705. The van der Waals surface area contributed by atoms with Crippen LogP contribution in [0.1, 0.15) is 63.0 Å². The average molecular weight is 257 g/mol. The number of fused-ring (bicyclic) bond motifs is 1. The highest BCUT2D eigenvalue weighted by atomic mass is 14.9. The van der Waals surface area contributed by atoms with Gasteiger partial charge in [-0.1, -0.05) is 32.3 Å². The molecular weight excluding hydrogens is 230 g/mol. The Bertz CT molecular complexity index is 424. The summed E-state index contributed by atoms with van der Waals surface area (Å²) in [4.78, 5) is 0. The van der Waals surface area contributed by atoms with Crippen LogP contribution in [0.15, 0.2) is 18.2 Å². The number of aryl methyl sites for hydroxylation is 2. The standard InChI is InChI=1S/C18H27N/c1-2-14-5-3-8-17(11-9-14)19-18-12-10-15-6-4-7-16(15)13-18/h10,12-14,17,19H,2-9,11H2,1H3. The third-order valence-electron chi connectivity index (χ3n) is 5.13. The molecule has 0 heterocycles. The fraction of sp³-hybridized carbons (Fsp3) is 0.667. The van der Waals surface area contributed by atoms with Crippen LogP contribution < -0.4 is 5.32 Å². The molecule has 0 saturated heterocycles. The van der Waals surface area contributed by atoms with Crippen LogP contribution in [0.4, 0.5) is 5.69 Å². The van der Waals surface area contributed by atoms with Gasteiger partial charge in [-0.25, -0.2) is 0 Å². The number of hydrogen-bond acceptors (Lipinski definition) is 1. The second-order valence-electron chi connectivity index (χ2n) is 6.46. The summed E-state index contributed by atoms with van der Waals surface area (Å²) in [5, 5.41) is 3.80. The van der Waals surface area contributed by atoms with E-state index >= 15 is 0 Å². The molecule has 1 fully saturated rings. The fourth-order valence-electron chi connectivity index (χ4n) is 3.83. The van der Waals surface area contributed by atoms with Crippen molar-refractivity contribution in [2.75, 3.05) is 5.32 Å². The molecule has 1 saturated carbocycles. The van der Waals surface area contributed by atoms with Crippen molar-refractivity contribution < 1.29 is 0 Å². The van der Waals surface area contributed by atoms with E-state index in [0.29, 0.717) is 6.04 Å². The summed E-state index contributed by atoms with van der Waals surface area (Å²) in [6.07, 6.45) is 12.3. The van der Waals surface area contributed by atoms with Gasteiger partial charge in [-0.15, -0.1) is 0 Å². The maximum Gasteiger partial charge on any atom is 0.0345 e. The molecule has 0 amide bonds. The zero-order valence-electron chi connectivity index (χ0n) is 12.3.